The molecule has 2 rings (SSSR count). The minimum Gasteiger partial charge on any atom is -0.444 e. The quantitative estimate of drug-likeness (QED) is 0.825. The molecule has 150 valence electrons. The normalized spacial score (nSPS) is 17.5. The number of likely N-dealkylation sites (tertiary alicyclic amines) is 1. The molecule has 1 aromatic rings. The minimum atomic E-state index is -0.527. The average Bonchev–Trinajstić information content (AvgIpc) is 2.64. The number of nitrogens with one attached hydrogen (secondary N) is 1. The summed E-state index contributed by atoms with van der Waals surface area (Å²) in [5, 5.41) is 2.99. The van der Waals surface area contributed by atoms with E-state index >= 15 is 0 Å². The zero-order valence-corrected chi connectivity index (χ0v) is 16.9. The highest BCUT2D eigenvalue weighted by Gasteiger charge is 2.30. The summed E-state index contributed by atoms with van der Waals surface area (Å²) in [6, 6.07) is 8.04. The van der Waals surface area contributed by atoms with Crippen LogP contribution in [-0.4, -0.2) is 42.2 Å². The lowest BCUT2D eigenvalue weighted by Crippen LogP contribution is -2.46. The van der Waals surface area contributed by atoms with Gasteiger partial charge in [-0.05, 0) is 51.7 Å². The summed E-state index contributed by atoms with van der Waals surface area (Å²) in [7, 11) is 0. The van der Waals surface area contributed by atoms with Gasteiger partial charge in [-0.3, -0.25) is 4.79 Å². The number of hydrogen-bond donors (Lipinski definition) is 1. The van der Waals surface area contributed by atoms with E-state index in [2.05, 4.69) is 5.32 Å². The van der Waals surface area contributed by atoms with Crippen LogP contribution >= 0.6 is 0 Å². The smallest absolute Gasteiger partial charge is 0.410 e. The Morgan fingerprint density at radius 3 is 2.48 bits per heavy atom. The van der Waals surface area contributed by atoms with Gasteiger partial charge in [-0.1, -0.05) is 24.3 Å². The molecule has 0 aliphatic carbocycles. The van der Waals surface area contributed by atoms with Gasteiger partial charge < -0.3 is 19.7 Å². The second-order valence-electron chi connectivity index (χ2n) is 7.94. The number of amides is 2. The first-order chi connectivity index (χ1) is 12.8. The van der Waals surface area contributed by atoms with Crippen molar-refractivity contribution in [3.8, 4) is 0 Å². The lowest BCUT2D eigenvalue weighted by molar-refractivity contribution is -0.126. The Morgan fingerprint density at radius 2 is 1.85 bits per heavy atom. The van der Waals surface area contributed by atoms with E-state index in [0.717, 1.165) is 24.0 Å². The summed E-state index contributed by atoms with van der Waals surface area (Å²) >= 11 is 0. The van der Waals surface area contributed by atoms with E-state index in [0.29, 0.717) is 32.8 Å². The maximum atomic E-state index is 12.5. The van der Waals surface area contributed by atoms with Crippen molar-refractivity contribution in [2.45, 2.75) is 59.3 Å². The second-order valence-corrected chi connectivity index (χ2v) is 7.94. The van der Waals surface area contributed by atoms with Gasteiger partial charge in [0.2, 0.25) is 5.91 Å². The zero-order valence-electron chi connectivity index (χ0n) is 16.9. The third kappa shape index (κ3) is 7.21. The first-order valence-corrected chi connectivity index (χ1v) is 9.69. The standard InChI is InChI=1S/C21H32N2O4/c1-5-26-15-17-10-8-16(9-11-17)13-22-19(24)18-7-6-12-23(14-18)20(25)27-21(2,3)4/h8-11,18H,5-7,12-15H2,1-4H3,(H,22,24). The lowest BCUT2D eigenvalue weighted by Gasteiger charge is -2.33. The maximum Gasteiger partial charge on any atom is 0.410 e. The Hall–Kier alpha value is -2.08. The number of benzene rings is 1. The fraction of sp³-hybridized carbons (Fsp3) is 0.619. The first-order valence-electron chi connectivity index (χ1n) is 9.69. The summed E-state index contributed by atoms with van der Waals surface area (Å²) in [5.74, 6) is -0.204. The van der Waals surface area contributed by atoms with Gasteiger partial charge in [0.25, 0.3) is 0 Å². The van der Waals surface area contributed by atoms with Crippen LogP contribution in [0, 0.1) is 5.92 Å². The molecule has 1 atom stereocenters. The van der Waals surface area contributed by atoms with Gasteiger partial charge in [0.1, 0.15) is 5.60 Å². The molecule has 6 heteroatoms. The highest BCUT2D eigenvalue weighted by molar-refractivity contribution is 5.80. The van der Waals surface area contributed by atoms with Gasteiger partial charge in [-0.25, -0.2) is 4.79 Å². The van der Waals surface area contributed by atoms with Crippen molar-refractivity contribution in [3.63, 3.8) is 0 Å². The van der Waals surface area contributed by atoms with Crippen LogP contribution in [0.15, 0.2) is 24.3 Å². The topological polar surface area (TPSA) is 67.9 Å². The van der Waals surface area contributed by atoms with Gasteiger partial charge in [0.15, 0.2) is 0 Å². The molecule has 1 saturated heterocycles. The van der Waals surface area contributed by atoms with Crippen molar-refractivity contribution < 1.29 is 19.1 Å². The number of piperidine rings is 1. The predicted molar refractivity (Wildman–Crippen MR) is 104 cm³/mol. The Morgan fingerprint density at radius 1 is 1.19 bits per heavy atom. The molecule has 0 saturated carbocycles. The van der Waals surface area contributed by atoms with E-state index in [1.807, 2.05) is 52.0 Å². The molecule has 27 heavy (non-hydrogen) atoms. The van der Waals surface area contributed by atoms with Crippen molar-refractivity contribution in [1.82, 2.24) is 10.2 Å². The molecule has 1 aromatic carbocycles. The van der Waals surface area contributed by atoms with E-state index in [1.165, 1.54) is 0 Å². The molecular formula is C21H32N2O4. The Bertz CT molecular complexity index is 622. The van der Waals surface area contributed by atoms with E-state index in [4.69, 9.17) is 9.47 Å². The zero-order chi connectivity index (χ0) is 19.9. The molecule has 6 nitrogen and oxygen atoms in total. The van der Waals surface area contributed by atoms with Crippen LogP contribution in [0.4, 0.5) is 4.79 Å². The van der Waals surface area contributed by atoms with Gasteiger partial charge >= 0.3 is 6.09 Å². The van der Waals surface area contributed by atoms with Crippen LogP contribution in [-0.2, 0) is 27.4 Å². The number of hydrogen-bond acceptors (Lipinski definition) is 4. The van der Waals surface area contributed by atoms with Crippen molar-refractivity contribution in [1.29, 1.82) is 0 Å². The van der Waals surface area contributed by atoms with Crippen LogP contribution in [0.1, 0.15) is 51.7 Å². The molecule has 0 bridgehead atoms. The Labute approximate surface area is 162 Å². The maximum absolute atomic E-state index is 12.5. The number of carbonyl (C=O) groups is 2. The minimum absolute atomic E-state index is 0.0124. The van der Waals surface area contributed by atoms with Crippen LogP contribution < -0.4 is 5.32 Å². The molecule has 0 aromatic heterocycles. The highest BCUT2D eigenvalue weighted by atomic mass is 16.6. The molecular weight excluding hydrogens is 344 g/mol. The molecule has 0 spiro atoms. The summed E-state index contributed by atoms with van der Waals surface area (Å²) < 4.78 is 10.8. The van der Waals surface area contributed by atoms with Crippen LogP contribution in [0.5, 0.6) is 0 Å². The molecule has 1 aliphatic rings. The van der Waals surface area contributed by atoms with E-state index in [1.54, 1.807) is 4.90 Å². The summed E-state index contributed by atoms with van der Waals surface area (Å²) in [6.45, 7) is 10.3. The third-order valence-electron chi connectivity index (χ3n) is 4.41. The van der Waals surface area contributed by atoms with E-state index < -0.39 is 5.60 Å². The Balaban J connectivity index is 1.82. The van der Waals surface area contributed by atoms with E-state index in [-0.39, 0.29) is 17.9 Å². The van der Waals surface area contributed by atoms with Crippen LogP contribution in [0.2, 0.25) is 0 Å². The summed E-state index contributed by atoms with van der Waals surface area (Å²) in [4.78, 5) is 26.4. The number of nitrogens with zero attached hydrogens (tertiary/aromatic N) is 1. The number of rotatable bonds is 6. The van der Waals surface area contributed by atoms with Crippen LogP contribution in [0.3, 0.4) is 0 Å². The second kappa shape index (κ2) is 9.74. The molecule has 1 unspecified atom stereocenters. The molecule has 0 radical (unpaired) electrons. The first kappa shape index (κ1) is 21.2. The van der Waals surface area contributed by atoms with Gasteiger partial charge in [-0.2, -0.15) is 0 Å². The van der Waals surface area contributed by atoms with Crippen molar-refractivity contribution in [3.05, 3.63) is 35.4 Å². The van der Waals surface area contributed by atoms with Gasteiger partial charge in [0.05, 0.1) is 12.5 Å². The molecule has 1 aliphatic heterocycles. The van der Waals surface area contributed by atoms with Gasteiger partial charge in [0, 0.05) is 26.2 Å². The molecule has 1 N–H and O–H groups in total. The Kier molecular flexibility index (Phi) is 7.66. The third-order valence-corrected chi connectivity index (χ3v) is 4.41. The molecule has 1 fully saturated rings. The predicted octanol–water partition coefficient (Wildman–Crippen LogP) is 3.49. The van der Waals surface area contributed by atoms with Crippen LogP contribution in [0.25, 0.3) is 0 Å². The van der Waals surface area contributed by atoms with Crippen molar-refractivity contribution in [2.24, 2.45) is 5.92 Å². The fourth-order valence-electron chi connectivity index (χ4n) is 2.99. The SMILES string of the molecule is CCOCc1ccc(CNC(=O)C2CCCN(C(=O)OC(C)(C)C)C2)cc1. The summed E-state index contributed by atoms with van der Waals surface area (Å²) in [5.41, 5.74) is 1.64. The largest absolute Gasteiger partial charge is 0.444 e. The number of ether oxygens (including phenoxy) is 2. The van der Waals surface area contributed by atoms with Crippen molar-refractivity contribution in [2.75, 3.05) is 19.7 Å². The average molecular weight is 376 g/mol. The fourth-order valence-corrected chi connectivity index (χ4v) is 2.99. The lowest BCUT2D eigenvalue weighted by atomic mass is 9.97. The van der Waals surface area contributed by atoms with Gasteiger partial charge in [-0.15, -0.1) is 0 Å². The van der Waals surface area contributed by atoms with E-state index in [9.17, 15) is 9.59 Å². The van der Waals surface area contributed by atoms with Crippen molar-refractivity contribution >= 4 is 12.0 Å². The molecule has 1 heterocycles. The highest BCUT2D eigenvalue weighted by Crippen LogP contribution is 2.19. The molecule has 2 amide bonds. The number of carbonyl (C=O) groups excluding carboxylic acids is 2. The monoisotopic (exact) mass is 376 g/mol. The summed E-state index contributed by atoms with van der Waals surface area (Å²) in [6.07, 6.45) is 1.26.